The van der Waals surface area contributed by atoms with Crippen molar-refractivity contribution >= 4 is 17.6 Å². The molecule has 1 amide bonds. The van der Waals surface area contributed by atoms with Gasteiger partial charge in [0, 0.05) is 23.0 Å². The van der Waals surface area contributed by atoms with Gasteiger partial charge in [0.25, 0.3) is 5.56 Å². The number of aryl methyl sites for hydroxylation is 2. The lowest BCUT2D eigenvalue weighted by atomic mass is 10.1. The summed E-state index contributed by atoms with van der Waals surface area (Å²) in [6.45, 7) is 5.45. The molecule has 0 radical (unpaired) electrons. The molecule has 178 valence electrons. The van der Waals surface area contributed by atoms with Gasteiger partial charge in [0.15, 0.2) is 0 Å². The average Bonchev–Trinajstić information content (AvgIpc) is 3.19. The number of nitrogens with one attached hydrogen (secondary N) is 1. The first kappa shape index (κ1) is 23.6. The van der Waals surface area contributed by atoms with Crippen molar-refractivity contribution in [2.45, 2.75) is 27.3 Å². The third kappa shape index (κ3) is 5.35. The molecule has 9 nitrogen and oxygen atoms in total. The molecular formula is C26H25N5O4. The number of esters is 1. The van der Waals surface area contributed by atoms with E-state index in [1.54, 1.807) is 35.9 Å². The Labute approximate surface area is 202 Å². The zero-order valence-corrected chi connectivity index (χ0v) is 19.7. The first-order chi connectivity index (χ1) is 16.9. The van der Waals surface area contributed by atoms with Gasteiger partial charge in [-0.25, -0.2) is 14.5 Å². The van der Waals surface area contributed by atoms with E-state index in [0.717, 1.165) is 17.0 Å². The van der Waals surface area contributed by atoms with Crippen molar-refractivity contribution in [3.63, 3.8) is 0 Å². The lowest BCUT2D eigenvalue weighted by Crippen LogP contribution is -2.31. The van der Waals surface area contributed by atoms with E-state index in [1.807, 2.05) is 50.2 Å². The maximum atomic E-state index is 13.1. The number of rotatable bonds is 7. The van der Waals surface area contributed by atoms with Crippen LogP contribution in [0, 0.1) is 13.8 Å². The molecule has 2 aromatic heterocycles. The number of ether oxygens (including phenoxy) is 1. The molecule has 0 unspecified atom stereocenters. The number of nitrogens with zero attached hydrogens (tertiary/aromatic N) is 4. The minimum absolute atomic E-state index is 0.245. The van der Waals surface area contributed by atoms with Gasteiger partial charge < -0.3 is 10.1 Å². The number of carbonyl (C=O) groups excluding carboxylic acids is 2. The van der Waals surface area contributed by atoms with Gasteiger partial charge in [-0.15, -0.1) is 0 Å². The molecule has 4 aromatic rings. The molecule has 2 heterocycles. The highest BCUT2D eigenvalue weighted by Crippen LogP contribution is 2.18. The van der Waals surface area contributed by atoms with E-state index in [0.29, 0.717) is 16.9 Å². The van der Waals surface area contributed by atoms with E-state index in [2.05, 4.69) is 15.4 Å². The minimum atomic E-state index is -0.434. The topological polar surface area (TPSA) is 108 Å². The van der Waals surface area contributed by atoms with Crippen LogP contribution in [0.5, 0.6) is 0 Å². The van der Waals surface area contributed by atoms with Crippen molar-refractivity contribution in [1.82, 2.24) is 19.3 Å². The summed E-state index contributed by atoms with van der Waals surface area (Å²) in [6, 6.07) is 19.0. The minimum Gasteiger partial charge on any atom is -0.462 e. The number of amides is 1. The predicted molar refractivity (Wildman–Crippen MR) is 132 cm³/mol. The predicted octanol–water partition coefficient (Wildman–Crippen LogP) is 3.53. The van der Waals surface area contributed by atoms with Crippen LogP contribution in [0.2, 0.25) is 0 Å². The standard InChI is InChI=1S/C26H25N5O4/c1-4-35-25(34)20-10-12-21(13-11-20)27-23(32)16-30-24(33)15-22(19-8-6-5-7-9-19)28-26(30)31-18(3)14-17(2)29-31/h5-15H,4,16H2,1-3H3,(H,27,32). The van der Waals surface area contributed by atoms with Crippen LogP contribution in [-0.4, -0.2) is 37.8 Å². The fourth-order valence-corrected chi connectivity index (χ4v) is 3.64. The van der Waals surface area contributed by atoms with Gasteiger partial charge in [-0.05, 0) is 51.1 Å². The lowest BCUT2D eigenvalue weighted by Gasteiger charge is -2.15. The highest BCUT2D eigenvalue weighted by atomic mass is 16.5. The molecule has 0 bridgehead atoms. The number of hydrogen-bond acceptors (Lipinski definition) is 6. The molecule has 0 aliphatic heterocycles. The van der Waals surface area contributed by atoms with Crippen LogP contribution in [0.3, 0.4) is 0 Å². The van der Waals surface area contributed by atoms with Gasteiger partial charge in [0.05, 0.1) is 23.6 Å². The Kier molecular flexibility index (Phi) is 6.86. The Hall–Kier alpha value is -4.53. The second-order valence-electron chi connectivity index (χ2n) is 7.92. The Morgan fingerprint density at radius 2 is 1.71 bits per heavy atom. The molecule has 0 aliphatic rings. The molecule has 1 N–H and O–H groups in total. The Balaban J connectivity index is 1.65. The largest absolute Gasteiger partial charge is 0.462 e. The maximum absolute atomic E-state index is 13.1. The van der Waals surface area contributed by atoms with Crippen LogP contribution in [0.1, 0.15) is 28.7 Å². The molecule has 0 spiro atoms. The van der Waals surface area contributed by atoms with Crippen LogP contribution in [-0.2, 0) is 16.1 Å². The molecule has 0 saturated carbocycles. The van der Waals surface area contributed by atoms with Crippen LogP contribution in [0.15, 0.2) is 71.5 Å². The molecule has 4 rings (SSSR count). The van der Waals surface area contributed by atoms with Crippen molar-refractivity contribution < 1.29 is 14.3 Å². The summed E-state index contributed by atoms with van der Waals surface area (Å²) < 4.78 is 7.82. The van der Waals surface area contributed by atoms with Crippen molar-refractivity contribution in [2.24, 2.45) is 0 Å². The quantitative estimate of drug-likeness (QED) is 0.413. The summed E-state index contributed by atoms with van der Waals surface area (Å²) in [7, 11) is 0. The van der Waals surface area contributed by atoms with E-state index < -0.39 is 11.9 Å². The van der Waals surface area contributed by atoms with Crippen LogP contribution < -0.4 is 10.9 Å². The number of hydrogen-bond donors (Lipinski definition) is 1. The smallest absolute Gasteiger partial charge is 0.338 e. The molecular weight excluding hydrogens is 446 g/mol. The van der Waals surface area contributed by atoms with Gasteiger partial charge in [-0.1, -0.05) is 30.3 Å². The van der Waals surface area contributed by atoms with E-state index in [9.17, 15) is 14.4 Å². The molecule has 0 aliphatic carbocycles. The number of carbonyl (C=O) groups is 2. The summed E-state index contributed by atoms with van der Waals surface area (Å²) in [5.74, 6) is -0.612. The average molecular weight is 472 g/mol. The van der Waals surface area contributed by atoms with Crippen molar-refractivity contribution in [3.05, 3.63) is 94.0 Å². The maximum Gasteiger partial charge on any atom is 0.338 e. The van der Waals surface area contributed by atoms with E-state index in [4.69, 9.17) is 4.74 Å². The molecule has 0 saturated heterocycles. The Bertz CT molecular complexity index is 1420. The first-order valence-corrected chi connectivity index (χ1v) is 11.1. The van der Waals surface area contributed by atoms with Gasteiger partial charge in [-0.3, -0.25) is 14.2 Å². The fourth-order valence-electron chi connectivity index (χ4n) is 3.64. The zero-order chi connectivity index (χ0) is 24.9. The second kappa shape index (κ2) is 10.2. The number of aromatic nitrogens is 4. The Morgan fingerprint density at radius 3 is 2.34 bits per heavy atom. The Morgan fingerprint density at radius 1 is 1.00 bits per heavy atom. The number of benzene rings is 2. The van der Waals surface area contributed by atoms with E-state index in [-0.39, 0.29) is 24.7 Å². The van der Waals surface area contributed by atoms with E-state index >= 15 is 0 Å². The molecule has 2 aromatic carbocycles. The van der Waals surface area contributed by atoms with Gasteiger partial charge >= 0.3 is 5.97 Å². The normalized spacial score (nSPS) is 10.7. The van der Waals surface area contributed by atoms with Gasteiger partial charge in [-0.2, -0.15) is 5.10 Å². The summed E-state index contributed by atoms with van der Waals surface area (Å²) in [4.78, 5) is 42.5. The second-order valence-corrected chi connectivity index (χ2v) is 7.92. The summed E-state index contributed by atoms with van der Waals surface area (Å²) in [5.41, 5.74) is 3.30. The van der Waals surface area contributed by atoms with Crippen molar-refractivity contribution in [3.8, 4) is 17.2 Å². The first-order valence-electron chi connectivity index (χ1n) is 11.1. The summed E-state index contributed by atoms with van der Waals surface area (Å²) in [5, 5.41) is 7.22. The monoisotopic (exact) mass is 471 g/mol. The number of anilines is 1. The third-order valence-corrected chi connectivity index (χ3v) is 5.24. The third-order valence-electron chi connectivity index (χ3n) is 5.24. The van der Waals surface area contributed by atoms with Gasteiger partial charge in [0.2, 0.25) is 11.9 Å². The van der Waals surface area contributed by atoms with Crippen LogP contribution in [0.4, 0.5) is 5.69 Å². The molecule has 0 atom stereocenters. The van der Waals surface area contributed by atoms with Crippen molar-refractivity contribution in [2.75, 3.05) is 11.9 Å². The zero-order valence-electron chi connectivity index (χ0n) is 19.7. The van der Waals surface area contributed by atoms with Crippen LogP contribution >= 0.6 is 0 Å². The highest BCUT2D eigenvalue weighted by Gasteiger charge is 2.17. The lowest BCUT2D eigenvalue weighted by molar-refractivity contribution is -0.116. The molecule has 0 fully saturated rings. The summed E-state index contributed by atoms with van der Waals surface area (Å²) >= 11 is 0. The highest BCUT2D eigenvalue weighted by molar-refractivity contribution is 5.93. The van der Waals surface area contributed by atoms with Gasteiger partial charge in [0.1, 0.15) is 6.54 Å². The van der Waals surface area contributed by atoms with Crippen molar-refractivity contribution in [1.29, 1.82) is 0 Å². The summed E-state index contributed by atoms with van der Waals surface area (Å²) in [6.07, 6.45) is 0. The fraction of sp³-hybridized carbons (Fsp3) is 0.192. The van der Waals surface area contributed by atoms with Crippen LogP contribution in [0.25, 0.3) is 17.2 Å². The molecule has 9 heteroatoms. The molecule has 35 heavy (non-hydrogen) atoms. The van der Waals surface area contributed by atoms with E-state index in [1.165, 1.54) is 10.6 Å². The SMILES string of the molecule is CCOC(=O)c1ccc(NC(=O)Cn2c(-n3nc(C)cc3C)nc(-c3ccccc3)cc2=O)cc1.